The Balaban J connectivity index is 1.50. The number of aryl methyl sites for hydroxylation is 1. The van der Waals surface area contributed by atoms with Crippen LogP contribution in [0.5, 0.6) is 0 Å². The lowest BCUT2D eigenvalue weighted by Crippen LogP contribution is -2.47. The molecular weight excluding hydrogens is 388 g/mol. The van der Waals surface area contributed by atoms with Gasteiger partial charge in [-0.3, -0.25) is 9.59 Å². The topological polar surface area (TPSA) is 69.3 Å². The van der Waals surface area contributed by atoms with Crippen molar-refractivity contribution in [2.24, 2.45) is 0 Å². The van der Waals surface area contributed by atoms with E-state index in [-0.39, 0.29) is 24.5 Å². The number of aromatic nitrogens is 2. The Labute approximate surface area is 183 Å². The second-order valence-corrected chi connectivity index (χ2v) is 8.64. The lowest BCUT2D eigenvalue weighted by Gasteiger charge is -2.32. The number of carbonyl (C=O) groups excluding carboxylic acids is 2. The number of aromatic amines is 1. The van der Waals surface area contributed by atoms with E-state index < -0.39 is 0 Å². The number of pyridine rings is 1. The molecule has 3 aromatic rings. The Bertz CT molecular complexity index is 1080. The fourth-order valence-corrected chi connectivity index (χ4v) is 4.41. The molecule has 3 heterocycles. The van der Waals surface area contributed by atoms with Crippen LogP contribution in [0, 0.1) is 0 Å². The SMILES string of the molecule is CCCCCc1ccnc2[nH]c3ccc(C(=O)CCC(=O)N4CCN(C)CC4)cc3c12. The molecule has 1 N–H and O–H groups in total. The molecule has 0 atom stereocenters. The summed E-state index contributed by atoms with van der Waals surface area (Å²) in [5.74, 6) is 0.104. The summed E-state index contributed by atoms with van der Waals surface area (Å²) in [4.78, 5) is 37.4. The molecule has 0 bridgehead atoms. The highest BCUT2D eigenvalue weighted by molar-refractivity contribution is 6.10. The van der Waals surface area contributed by atoms with Crippen molar-refractivity contribution in [3.63, 3.8) is 0 Å². The number of piperazine rings is 1. The predicted molar refractivity (Wildman–Crippen MR) is 124 cm³/mol. The van der Waals surface area contributed by atoms with Crippen molar-refractivity contribution in [3.05, 3.63) is 41.6 Å². The number of rotatable bonds is 8. The average molecular weight is 421 g/mol. The molecule has 164 valence electrons. The van der Waals surface area contributed by atoms with Gasteiger partial charge in [0.15, 0.2) is 5.78 Å². The molecule has 0 saturated carbocycles. The molecule has 0 spiro atoms. The maximum atomic E-state index is 12.9. The van der Waals surface area contributed by atoms with Crippen LogP contribution in [0.15, 0.2) is 30.5 Å². The summed E-state index contributed by atoms with van der Waals surface area (Å²) in [6, 6.07) is 7.88. The molecule has 0 unspecified atom stereocenters. The number of likely N-dealkylation sites (N-methyl/N-ethyl adjacent to an activating group) is 1. The zero-order chi connectivity index (χ0) is 21.8. The van der Waals surface area contributed by atoms with Crippen molar-refractivity contribution in [3.8, 4) is 0 Å². The summed E-state index contributed by atoms with van der Waals surface area (Å²) in [5, 5.41) is 2.17. The van der Waals surface area contributed by atoms with Crippen LogP contribution >= 0.6 is 0 Å². The first-order valence-corrected chi connectivity index (χ1v) is 11.5. The summed E-state index contributed by atoms with van der Waals surface area (Å²) >= 11 is 0. The van der Waals surface area contributed by atoms with Crippen molar-refractivity contribution in [2.75, 3.05) is 33.2 Å². The number of benzene rings is 1. The van der Waals surface area contributed by atoms with Crippen molar-refractivity contribution in [1.82, 2.24) is 19.8 Å². The highest BCUT2D eigenvalue weighted by Crippen LogP contribution is 2.29. The van der Waals surface area contributed by atoms with Gasteiger partial charge in [-0.25, -0.2) is 4.98 Å². The van der Waals surface area contributed by atoms with Crippen molar-refractivity contribution in [1.29, 1.82) is 0 Å². The minimum absolute atomic E-state index is 0.0233. The minimum atomic E-state index is 0.0233. The van der Waals surface area contributed by atoms with E-state index in [1.807, 2.05) is 29.3 Å². The van der Waals surface area contributed by atoms with Gasteiger partial charge in [-0.2, -0.15) is 0 Å². The molecule has 1 saturated heterocycles. The van der Waals surface area contributed by atoms with E-state index in [0.29, 0.717) is 5.56 Å². The Kier molecular flexibility index (Phi) is 6.66. The number of ketones is 1. The van der Waals surface area contributed by atoms with Gasteiger partial charge in [0.2, 0.25) is 5.91 Å². The number of hydrogen-bond acceptors (Lipinski definition) is 4. The average Bonchev–Trinajstić information content (AvgIpc) is 3.16. The van der Waals surface area contributed by atoms with Crippen LogP contribution in [0.4, 0.5) is 0 Å². The van der Waals surface area contributed by atoms with Crippen LogP contribution in [0.25, 0.3) is 21.9 Å². The molecule has 1 fully saturated rings. The lowest BCUT2D eigenvalue weighted by molar-refractivity contribution is -0.132. The van der Waals surface area contributed by atoms with E-state index in [1.54, 1.807) is 0 Å². The molecule has 1 aromatic carbocycles. The number of H-pyrrole nitrogens is 1. The zero-order valence-electron chi connectivity index (χ0n) is 18.6. The van der Waals surface area contributed by atoms with Gasteiger partial charge in [0.05, 0.1) is 0 Å². The predicted octanol–water partition coefficient (Wildman–Crippen LogP) is 4.19. The number of nitrogens with zero attached hydrogens (tertiary/aromatic N) is 3. The van der Waals surface area contributed by atoms with Gasteiger partial charge in [-0.05, 0) is 49.7 Å². The van der Waals surface area contributed by atoms with E-state index >= 15 is 0 Å². The van der Waals surface area contributed by atoms with Crippen LogP contribution < -0.4 is 0 Å². The van der Waals surface area contributed by atoms with Gasteiger partial charge in [-0.15, -0.1) is 0 Å². The molecule has 31 heavy (non-hydrogen) atoms. The smallest absolute Gasteiger partial charge is 0.223 e. The summed E-state index contributed by atoms with van der Waals surface area (Å²) < 4.78 is 0. The highest BCUT2D eigenvalue weighted by atomic mass is 16.2. The molecule has 1 amide bonds. The number of fused-ring (bicyclic) bond motifs is 3. The number of nitrogens with one attached hydrogen (secondary N) is 1. The van der Waals surface area contributed by atoms with Crippen LogP contribution in [-0.2, 0) is 11.2 Å². The van der Waals surface area contributed by atoms with Gasteiger partial charge in [0.25, 0.3) is 0 Å². The molecule has 2 aromatic heterocycles. The molecule has 6 nitrogen and oxygen atoms in total. The van der Waals surface area contributed by atoms with E-state index in [4.69, 9.17) is 0 Å². The monoisotopic (exact) mass is 420 g/mol. The first-order chi connectivity index (χ1) is 15.1. The Morgan fingerprint density at radius 1 is 1.06 bits per heavy atom. The summed E-state index contributed by atoms with van der Waals surface area (Å²) in [6.07, 6.45) is 6.94. The fourth-order valence-electron chi connectivity index (χ4n) is 4.41. The third-order valence-electron chi connectivity index (χ3n) is 6.37. The number of carbonyl (C=O) groups is 2. The van der Waals surface area contributed by atoms with Crippen LogP contribution in [-0.4, -0.2) is 64.7 Å². The van der Waals surface area contributed by atoms with E-state index in [0.717, 1.165) is 61.0 Å². The number of unbranched alkanes of at least 4 members (excludes halogenated alkanes) is 2. The third-order valence-corrected chi connectivity index (χ3v) is 6.37. The van der Waals surface area contributed by atoms with Crippen LogP contribution in [0.3, 0.4) is 0 Å². The summed E-state index contributed by atoms with van der Waals surface area (Å²) in [7, 11) is 2.07. The molecular formula is C25H32N4O2. The molecule has 0 radical (unpaired) electrons. The maximum absolute atomic E-state index is 12.9. The van der Waals surface area contributed by atoms with Gasteiger partial charge in [0.1, 0.15) is 5.65 Å². The normalized spacial score (nSPS) is 15.1. The third kappa shape index (κ3) is 4.79. The van der Waals surface area contributed by atoms with Gasteiger partial charge in [-0.1, -0.05) is 19.8 Å². The second kappa shape index (κ2) is 9.60. The summed E-state index contributed by atoms with van der Waals surface area (Å²) in [5.41, 5.74) is 3.82. The quantitative estimate of drug-likeness (QED) is 0.438. The Morgan fingerprint density at radius 2 is 1.87 bits per heavy atom. The zero-order valence-corrected chi connectivity index (χ0v) is 18.6. The Morgan fingerprint density at radius 3 is 2.65 bits per heavy atom. The Hall–Kier alpha value is -2.73. The largest absolute Gasteiger partial charge is 0.340 e. The van der Waals surface area contributed by atoms with Crippen molar-refractivity contribution >= 4 is 33.6 Å². The van der Waals surface area contributed by atoms with E-state index in [9.17, 15) is 9.59 Å². The molecule has 1 aliphatic heterocycles. The maximum Gasteiger partial charge on any atom is 0.223 e. The minimum Gasteiger partial charge on any atom is -0.340 e. The fraction of sp³-hybridized carbons (Fsp3) is 0.480. The first-order valence-electron chi connectivity index (χ1n) is 11.5. The van der Waals surface area contributed by atoms with Crippen LogP contribution in [0.1, 0.15) is 54.9 Å². The molecule has 0 aliphatic carbocycles. The lowest BCUT2D eigenvalue weighted by atomic mass is 10.00. The highest BCUT2D eigenvalue weighted by Gasteiger charge is 2.20. The molecule has 4 rings (SSSR count). The number of amides is 1. The number of Topliss-reactive ketones (excluding diaryl/α,β-unsaturated/α-hetero) is 1. The standard InChI is InChI=1S/C25H32N4O2/c1-3-4-5-6-18-11-12-26-25-24(18)20-17-19(7-8-21(20)27-25)22(30)9-10-23(31)29-15-13-28(2)14-16-29/h7-8,11-12,17H,3-6,9-10,13-16H2,1-2H3,(H,26,27). The second-order valence-electron chi connectivity index (χ2n) is 8.64. The van der Waals surface area contributed by atoms with E-state index in [1.165, 1.54) is 18.4 Å². The molecule has 6 heteroatoms. The van der Waals surface area contributed by atoms with Gasteiger partial charge < -0.3 is 14.8 Å². The summed E-state index contributed by atoms with van der Waals surface area (Å²) in [6.45, 7) is 5.49. The van der Waals surface area contributed by atoms with Crippen molar-refractivity contribution in [2.45, 2.75) is 45.4 Å². The van der Waals surface area contributed by atoms with E-state index in [2.05, 4.69) is 34.9 Å². The van der Waals surface area contributed by atoms with Gasteiger partial charge >= 0.3 is 0 Å². The molecule has 1 aliphatic rings. The first kappa shape index (κ1) is 21.5. The van der Waals surface area contributed by atoms with Gasteiger partial charge in [0, 0.05) is 67.1 Å². The number of hydrogen-bond donors (Lipinski definition) is 1. The van der Waals surface area contributed by atoms with Crippen molar-refractivity contribution < 1.29 is 9.59 Å². The van der Waals surface area contributed by atoms with Crippen LogP contribution in [0.2, 0.25) is 0 Å².